The average Bonchev–Trinajstić information content (AvgIpc) is 3.55. The maximum Gasteiger partial charge on any atom is -1.00 e. The molecule has 0 bridgehead atoms. The summed E-state index contributed by atoms with van der Waals surface area (Å²) >= 11 is -2.49. The molecule has 2 aliphatic rings. The second-order valence-corrected chi connectivity index (χ2v) is 23.5. The van der Waals surface area contributed by atoms with Gasteiger partial charge in [0.05, 0.1) is 0 Å². The first kappa shape index (κ1) is 40.5. The molecule has 0 saturated heterocycles. The molecular weight excluding hydrogens is 727 g/mol. The summed E-state index contributed by atoms with van der Waals surface area (Å²) < 4.78 is 3.99. The van der Waals surface area contributed by atoms with Gasteiger partial charge in [-0.3, -0.25) is 0 Å². The van der Waals surface area contributed by atoms with Gasteiger partial charge in [0.15, 0.2) is 0 Å². The molecule has 0 aliphatic heterocycles. The average molecular weight is 783 g/mol. The minimum absolute atomic E-state index is 0. The molecule has 1 atom stereocenters. The Morgan fingerprint density at radius 1 is 0.660 bits per heavy atom. The molecule has 0 nitrogen and oxygen atoms in total. The Labute approximate surface area is 323 Å². The van der Waals surface area contributed by atoms with Crippen LogP contribution in [0.1, 0.15) is 109 Å². The summed E-state index contributed by atoms with van der Waals surface area (Å²) in [5.74, 6) is 0.575. The zero-order valence-electron chi connectivity index (χ0n) is 32.5. The maximum absolute atomic E-state index is 2.70. The molecule has 0 heterocycles. The van der Waals surface area contributed by atoms with E-state index in [1.807, 2.05) is 3.28 Å². The van der Waals surface area contributed by atoms with E-state index in [1.54, 1.807) is 19.9 Å². The summed E-state index contributed by atoms with van der Waals surface area (Å²) in [7, 11) is 0. The Hall–Kier alpha value is -2.31. The van der Waals surface area contributed by atoms with E-state index in [-0.39, 0.29) is 30.2 Å². The zero-order valence-corrected chi connectivity index (χ0v) is 36.4. The Balaban J connectivity index is 0.00000281. The van der Waals surface area contributed by atoms with Gasteiger partial charge in [-0.05, 0) is 0 Å². The second-order valence-electron chi connectivity index (χ2n) is 16.2. The van der Waals surface area contributed by atoms with Crippen LogP contribution in [-0.2, 0) is 21.3 Å². The summed E-state index contributed by atoms with van der Waals surface area (Å²) in [5.41, 5.74) is 21.5. The second kappa shape index (κ2) is 15.7. The van der Waals surface area contributed by atoms with Crippen LogP contribution in [-0.4, -0.2) is 3.21 Å². The molecule has 1 unspecified atom stereocenters. The van der Waals surface area contributed by atoms with E-state index in [4.69, 9.17) is 0 Å². The molecule has 6 rings (SSSR count). The number of fused-ring (bicyclic) bond motifs is 3. The molecule has 50 heavy (non-hydrogen) atoms. The summed E-state index contributed by atoms with van der Waals surface area (Å²) in [5, 5.41) is 0. The first-order valence-corrected chi connectivity index (χ1v) is 22.1. The molecule has 0 aromatic heterocycles. The summed E-state index contributed by atoms with van der Waals surface area (Å²) in [6, 6.07) is 24.4. The van der Waals surface area contributed by atoms with Crippen LogP contribution in [0.25, 0.3) is 33.4 Å². The standard InChI is InChI=1S/C31H29.C13H21.C3H6.2ClH.Zr/c1-18-11-20(3)30(21(4)12-18)24-7-9-28-26(15-24)17-27-16-25(8-10-29(27)28)31-22(5)13-19(2)14-23(31)6;1-5-6-7-11-8-9-12(10-11)13(2,3)4;1-3-2;;;/h7-17H,1-6H3;9-11H,5-7H2,1-4H3;1-2H3;2*1H;/q;;;;;+2/p-2. The van der Waals surface area contributed by atoms with Crippen LogP contribution in [0.2, 0.25) is 0 Å². The SMILES string of the molecule is CCCCC1C=C(C(C)(C)C)C=[C]1[Zr+2](=[C](C)C)[CH]1c2cc(-c3c(C)cc(C)cc3C)ccc2-c2ccc(-c3c(C)cc(C)cc3C)cc21.[Cl-].[Cl-]. The van der Waals surface area contributed by atoms with Crippen molar-refractivity contribution in [1.29, 1.82) is 0 Å². The largest absolute Gasteiger partial charge is 1.00 e. The van der Waals surface area contributed by atoms with Crippen molar-refractivity contribution in [2.45, 2.75) is 106 Å². The Morgan fingerprint density at radius 3 is 1.48 bits per heavy atom. The Bertz CT molecular complexity index is 1870. The first-order chi connectivity index (χ1) is 22.7. The van der Waals surface area contributed by atoms with Crippen molar-refractivity contribution < 1.29 is 46.1 Å². The number of rotatable bonds is 7. The van der Waals surface area contributed by atoms with Gasteiger partial charge in [0.1, 0.15) is 0 Å². The fourth-order valence-electron chi connectivity index (χ4n) is 8.93. The number of hydrogen-bond donors (Lipinski definition) is 0. The van der Waals surface area contributed by atoms with Gasteiger partial charge in [-0.15, -0.1) is 0 Å². The quantitative estimate of drug-likeness (QED) is 0.183. The van der Waals surface area contributed by atoms with Crippen LogP contribution in [0.15, 0.2) is 81.7 Å². The van der Waals surface area contributed by atoms with E-state index < -0.39 is 21.3 Å². The van der Waals surface area contributed by atoms with Crippen molar-refractivity contribution in [3.63, 3.8) is 0 Å². The zero-order chi connectivity index (χ0) is 34.7. The van der Waals surface area contributed by atoms with Crippen LogP contribution >= 0.6 is 0 Å². The van der Waals surface area contributed by atoms with Gasteiger partial charge in [0.2, 0.25) is 0 Å². The van der Waals surface area contributed by atoms with E-state index in [0.717, 1.165) is 0 Å². The molecule has 0 spiro atoms. The van der Waals surface area contributed by atoms with Gasteiger partial charge in [-0.2, -0.15) is 0 Å². The summed E-state index contributed by atoms with van der Waals surface area (Å²) in [6.07, 6.45) is 9.20. The van der Waals surface area contributed by atoms with Crippen LogP contribution in [0.4, 0.5) is 0 Å². The van der Waals surface area contributed by atoms with Crippen molar-refractivity contribution in [3.05, 3.63) is 126 Å². The third kappa shape index (κ3) is 7.59. The molecule has 0 amide bonds. The fourth-order valence-corrected chi connectivity index (χ4v) is 17.6. The predicted octanol–water partition coefficient (Wildman–Crippen LogP) is 7.46. The molecule has 262 valence electrons. The minimum atomic E-state index is -2.49. The molecule has 4 aromatic rings. The molecule has 0 fully saturated rings. The predicted molar refractivity (Wildman–Crippen MR) is 208 cm³/mol. The normalized spacial score (nSPS) is 14.9. The van der Waals surface area contributed by atoms with Gasteiger partial charge < -0.3 is 24.8 Å². The van der Waals surface area contributed by atoms with E-state index in [9.17, 15) is 0 Å². The van der Waals surface area contributed by atoms with E-state index in [2.05, 4.69) is 156 Å². The number of aryl methyl sites for hydroxylation is 6. The smallest absolute Gasteiger partial charge is 1.00 e. The molecular formula is C47H56Cl2Zr. The van der Waals surface area contributed by atoms with E-state index in [0.29, 0.717) is 9.54 Å². The van der Waals surface area contributed by atoms with Crippen molar-refractivity contribution >= 4 is 3.21 Å². The maximum atomic E-state index is 2.70. The van der Waals surface area contributed by atoms with Crippen molar-refractivity contribution in [3.8, 4) is 33.4 Å². The van der Waals surface area contributed by atoms with Gasteiger partial charge in [-0.25, -0.2) is 0 Å². The van der Waals surface area contributed by atoms with Gasteiger partial charge in [0.25, 0.3) is 0 Å². The molecule has 2 aliphatic carbocycles. The van der Waals surface area contributed by atoms with E-state index >= 15 is 0 Å². The van der Waals surface area contributed by atoms with Crippen molar-refractivity contribution in [2.75, 3.05) is 0 Å². The van der Waals surface area contributed by atoms with E-state index in [1.165, 1.54) is 86.0 Å². The monoisotopic (exact) mass is 780 g/mol. The van der Waals surface area contributed by atoms with Gasteiger partial charge >= 0.3 is 301 Å². The fraction of sp³-hybridized carbons (Fsp3) is 0.383. The molecule has 0 saturated carbocycles. The minimum Gasteiger partial charge on any atom is -1.00 e. The Kier molecular flexibility index (Phi) is 12.7. The number of benzene rings is 4. The summed E-state index contributed by atoms with van der Waals surface area (Å²) in [4.78, 5) is 0. The van der Waals surface area contributed by atoms with Crippen molar-refractivity contribution in [1.82, 2.24) is 0 Å². The molecule has 4 aromatic carbocycles. The third-order valence-corrected chi connectivity index (χ3v) is 19.3. The van der Waals surface area contributed by atoms with Crippen molar-refractivity contribution in [2.24, 2.45) is 11.3 Å². The number of halogens is 2. The first-order valence-electron chi connectivity index (χ1n) is 18.3. The molecule has 0 N–H and O–H groups in total. The number of unbranched alkanes of at least 4 members (excludes halogenated alkanes) is 1. The number of hydrogen-bond acceptors (Lipinski definition) is 0. The topological polar surface area (TPSA) is 0 Å². The van der Waals surface area contributed by atoms with Crippen LogP contribution in [0.5, 0.6) is 0 Å². The van der Waals surface area contributed by atoms with Gasteiger partial charge in [0, 0.05) is 0 Å². The van der Waals surface area contributed by atoms with Crippen LogP contribution < -0.4 is 24.8 Å². The van der Waals surface area contributed by atoms with Gasteiger partial charge in [-0.1, -0.05) is 0 Å². The number of allylic oxidation sites excluding steroid dienone is 4. The molecule has 3 heteroatoms. The van der Waals surface area contributed by atoms with Crippen LogP contribution in [0, 0.1) is 52.9 Å². The molecule has 0 radical (unpaired) electrons. The van der Waals surface area contributed by atoms with Crippen LogP contribution in [0.3, 0.4) is 0 Å². The third-order valence-electron chi connectivity index (χ3n) is 10.9. The summed E-state index contributed by atoms with van der Waals surface area (Å²) in [6.45, 7) is 28.1. The Morgan fingerprint density at radius 2 is 1.10 bits per heavy atom.